The molecule has 2 aromatic rings. The summed E-state index contributed by atoms with van der Waals surface area (Å²) in [4.78, 5) is 0. The fourth-order valence-electron chi connectivity index (χ4n) is 2.27. The summed E-state index contributed by atoms with van der Waals surface area (Å²) in [6.45, 7) is 5.62. The zero-order valence-electron chi connectivity index (χ0n) is 11.8. The van der Waals surface area contributed by atoms with Gasteiger partial charge in [-0.3, -0.25) is 0 Å². The van der Waals surface area contributed by atoms with Gasteiger partial charge in [0.2, 0.25) is 0 Å². The minimum absolute atomic E-state index is 0.176. The Kier molecular flexibility index (Phi) is 5.16. The van der Waals surface area contributed by atoms with Crippen molar-refractivity contribution in [3.8, 4) is 11.1 Å². The van der Waals surface area contributed by atoms with Crippen LogP contribution in [0.1, 0.15) is 24.5 Å². The summed E-state index contributed by atoms with van der Waals surface area (Å²) in [5, 5.41) is 4.08. The van der Waals surface area contributed by atoms with Crippen LogP contribution in [0.25, 0.3) is 11.1 Å². The monoisotopic (exact) mass is 291 g/mol. The van der Waals surface area contributed by atoms with Crippen molar-refractivity contribution in [3.63, 3.8) is 0 Å². The summed E-state index contributed by atoms with van der Waals surface area (Å²) in [6, 6.07) is 11.0. The van der Waals surface area contributed by atoms with E-state index >= 15 is 0 Å². The minimum atomic E-state index is -0.176. The lowest BCUT2D eigenvalue weighted by Crippen LogP contribution is -2.14. The molecule has 0 heterocycles. The highest BCUT2D eigenvalue weighted by Gasteiger charge is 2.10. The van der Waals surface area contributed by atoms with Crippen LogP contribution >= 0.6 is 11.6 Å². The summed E-state index contributed by atoms with van der Waals surface area (Å²) in [7, 11) is 0. The van der Waals surface area contributed by atoms with Crippen molar-refractivity contribution in [2.45, 2.75) is 26.8 Å². The Morgan fingerprint density at radius 2 is 1.95 bits per heavy atom. The molecule has 2 rings (SSSR count). The van der Waals surface area contributed by atoms with Crippen molar-refractivity contribution in [1.29, 1.82) is 0 Å². The number of nitrogens with one attached hydrogen (secondary N) is 1. The van der Waals surface area contributed by atoms with Crippen LogP contribution in [0.5, 0.6) is 0 Å². The largest absolute Gasteiger partial charge is 0.313 e. The predicted octanol–water partition coefficient (Wildman–Crippen LogP) is 4.95. The second kappa shape index (κ2) is 6.87. The van der Waals surface area contributed by atoms with Crippen molar-refractivity contribution >= 4 is 11.6 Å². The molecule has 0 saturated carbocycles. The molecule has 20 heavy (non-hydrogen) atoms. The quantitative estimate of drug-likeness (QED) is 0.768. The number of hydrogen-bond donors (Lipinski definition) is 1. The second-order valence-corrected chi connectivity index (χ2v) is 5.33. The molecule has 0 amide bonds. The molecule has 0 unspecified atom stereocenters. The Balaban J connectivity index is 2.42. The van der Waals surface area contributed by atoms with Crippen LogP contribution in [0.2, 0.25) is 5.02 Å². The van der Waals surface area contributed by atoms with E-state index in [9.17, 15) is 4.39 Å². The van der Waals surface area contributed by atoms with Crippen LogP contribution in [0.4, 0.5) is 4.39 Å². The molecule has 0 atom stereocenters. The van der Waals surface area contributed by atoms with E-state index in [-0.39, 0.29) is 5.82 Å². The Labute approximate surface area is 124 Å². The first kappa shape index (κ1) is 15.0. The third-order valence-corrected chi connectivity index (χ3v) is 3.60. The highest BCUT2D eigenvalue weighted by molar-refractivity contribution is 6.30. The summed E-state index contributed by atoms with van der Waals surface area (Å²) < 4.78 is 13.7. The van der Waals surface area contributed by atoms with Gasteiger partial charge in [-0.2, -0.15) is 0 Å². The zero-order valence-corrected chi connectivity index (χ0v) is 12.6. The second-order valence-electron chi connectivity index (χ2n) is 4.89. The van der Waals surface area contributed by atoms with Crippen LogP contribution in [0.15, 0.2) is 36.4 Å². The van der Waals surface area contributed by atoms with Gasteiger partial charge in [0.1, 0.15) is 5.82 Å². The SMILES string of the molecule is CCCNCc1cc(Cl)ccc1-c1cccc(F)c1C. The third-order valence-electron chi connectivity index (χ3n) is 3.37. The van der Waals surface area contributed by atoms with Gasteiger partial charge in [0.15, 0.2) is 0 Å². The lowest BCUT2D eigenvalue weighted by molar-refractivity contribution is 0.619. The average molecular weight is 292 g/mol. The molecule has 0 aliphatic heterocycles. The molecule has 2 aromatic carbocycles. The maximum atomic E-state index is 13.7. The Morgan fingerprint density at radius 3 is 2.70 bits per heavy atom. The summed E-state index contributed by atoms with van der Waals surface area (Å²) in [6.07, 6.45) is 1.08. The highest BCUT2D eigenvalue weighted by Crippen LogP contribution is 2.30. The van der Waals surface area contributed by atoms with E-state index in [0.29, 0.717) is 10.6 Å². The van der Waals surface area contributed by atoms with Gasteiger partial charge in [0.25, 0.3) is 0 Å². The van der Waals surface area contributed by atoms with Gasteiger partial charge < -0.3 is 5.32 Å². The van der Waals surface area contributed by atoms with E-state index in [1.165, 1.54) is 6.07 Å². The van der Waals surface area contributed by atoms with Crippen molar-refractivity contribution in [2.24, 2.45) is 0 Å². The number of benzene rings is 2. The molecular weight excluding hydrogens is 273 g/mol. The highest BCUT2D eigenvalue weighted by atomic mass is 35.5. The third kappa shape index (κ3) is 3.38. The Hall–Kier alpha value is -1.38. The molecule has 0 aliphatic rings. The molecule has 1 nitrogen and oxygen atoms in total. The van der Waals surface area contributed by atoms with E-state index in [1.807, 2.05) is 31.2 Å². The topological polar surface area (TPSA) is 12.0 Å². The van der Waals surface area contributed by atoms with Gasteiger partial charge in [0.05, 0.1) is 0 Å². The first-order valence-corrected chi connectivity index (χ1v) is 7.26. The zero-order chi connectivity index (χ0) is 14.5. The van der Waals surface area contributed by atoms with Gasteiger partial charge in [-0.1, -0.05) is 36.7 Å². The van der Waals surface area contributed by atoms with E-state index < -0.39 is 0 Å². The molecule has 0 bridgehead atoms. The Bertz CT molecular complexity index is 596. The molecular formula is C17H19ClFN. The summed E-state index contributed by atoms with van der Waals surface area (Å²) >= 11 is 6.09. The van der Waals surface area contributed by atoms with Crippen LogP contribution in [0.3, 0.4) is 0 Å². The maximum absolute atomic E-state index is 13.7. The molecule has 0 saturated heterocycles. The standard InChI is InChI=1S/C17H19ClFN/c1-3-9-20-11-13-10-14(18)7-8-16(13)15-5-4-6-17(19)12(15)2/h4-8,10,20H,3,9,11H2,1-2H3. The predicted molar refractivity (Wildman–Crippen MR) is 83.6 cm³/mol. The van der Waals surface area contributed by atoms with Crippen molar-refractivity contribution in [3.05, 3.63) is 58.4 Å². The Morgan fingerprint density at radius 1 is 1.15 bits per heavy atom. The average Bonchev–Trinajstić information content (AvgIpc) is 2.43. The molecule has 106 valence electrons. The van der Waals surface area contributed by atoms with Gasteiger partial charge in [0, 0.05) is 11.6 Å². The molecule has 0 radical (unpaired) electrons. The first-order valence-electron chi connectivity index (χ1n) is 6.88. The van der Waals surface area contributed by atoms with Crippen molar-refractivity contribution in [1.82, 2.24) is 5.32 Å². The van der Waals surface area contributed by atoms with Crippen LogP contribution < -0.4 is 5.32 Å². The van der Waals surface area contributed by atoms with Crippen LogP contribution in [0, 0.1) is 12.7 Å². The first-order chi connectivity index (χ1) is 9.63. The lowest BCUT2D eigenvalue weighted by Gasteiger charge is -2.13. The fraction of sp³-hybridized carbons (Fsp3) is 0.294. The van der Waals surface area contributed by atoms with Gasteiger partial charge in [-0.05, 0) is 60.3 Å². The number of hydrogen-bond acceptors (Lipinski definition) is 1. The number of halogens is 2. The van der Waals surface area contributed by atoms with Crippen molar-refractivity contribution < 1.29 is 4.39 Å². The minimum Gasteiger partial charge on any atom is -0.313 e. The normalized spacial score (nSPS) is 10.8. The smallest absolute Gasteiger partial charge is 0.126 e. The van der Waals surface area contributed by atoms with Gasteiger partial charge in [-0.15, -0.1) is 0 Å². The molecule has 0 spiro atoms. The van der Waals surface area contributed by atoms with Gasteiger partial charge >= 0.3 is 0 Å². The maximum Gasteiger partial charge on any atom is 0.126 e. The lowest BCUT2D eigenvalue weighted by atomic mass is 9.95. The van der Waals surface area contributed by atoms with E-state index in [2.05, 4.69) is 12.2 Å². The molecule has 1 N–H and O–H groups in total. The van der Waals surface area contributed by atoms with E-state index in [4.69, 9.17) is 11.6 Å². The molecule has 0 fully saturated rings. The van der Waals surface area contributed by atoms with Crippen molar-refractivity contribution in [2.75, 3.05) is 6.54 Å². The van der Waals surface area contributed by atoms with Crippen LogP contribution in [-0.4, -0.2) is 6.54 Å². The molecule has 0 aromatic heterocycles. The van der Waals surface area contributed by atoms with E-state index in [1.54, 1.807) is 6.07 Å². The summed E-state index contributed by atoms with van der Waals surface area (Å²) in [5.41, 5.74) is 3.73. The van der Waals surface area contributed by atoms with Gasteiger partial charge in [-0.25, -0.2) is 4.39 Å². The summed E-state index contributed by atoms with van der Waals surface area (Å²) in [5.74, 6) is -0.176. The fourth-order valence-corrected chi connectivity index (χ4v) is 2.47. The number of rotatable bonds is 5. The molecule has 0 aliphatic carbocycles. The molecule has 3 heteroatoms. The van der Waals surface area contributed by atoms with Crippen LogP contribution in [-0.2, 0) is 6.54 Å². The van der Waals surface area contributed by atoms with E-state index in [0.717, 1.165) is 36.2 Å².